The van der Waals surface area contributed by atoms with Crippen LogP contribution in [-0.4, -0.2) is 33.7 Å². The maximum Gasteiger partial charge on any atom is 0.323 e. The maximum absolute atomic E-state index is 12.4. The number of nitrogens with zero attached hydrogens (tertiary/aromatic N) is 1. The summed E-state index contributed by atoms with van der Waals surface area (Å²) in [5.41, 5.74) is 0.216. The fourth-order valence-electron chi connectivity index (χ4n) is 1.86. The second-order valence-corrected chi connectivity index (χ2v) is 4.32. The summed E-state index contributed by atoms with van der Waals surface area (Å²) in [6, 6.07) is 11.7. The highest BCUT2D eigenvalue weighted by atomic mass is 16.4. The number of anilines is 1. The summed E-state index contributed by atoms with van der Waals surface area (Å²) in [7, 11) is 0. The molecule has 2 aromatic rings. The van der Waals surface area contributed by atoms with Gasteiger partial charge in [0.05, 0.1) is 5.56 Å². The zero-order chi connectivity index (χ0) is 15.4. The summed E-state index contributed by atoms with van der Waals surface area (Å²) >= 11 is 0. The normalized spacial score (nSPS) is 10.1. The third-order valence-corrected chi connectivity index (χ3v) is 2.82. The number of carbonyl (C=O) groups is 2. The number of carbonyl (C=O) groups excluding carboxylic acids is 1. The Hall–Kier alpha value is -3.02. The summed E-state index contributed by atoms with van der Waals surface area (Å²) in [4.78, 5) is 24.4. The van der Waals surface area contributed by atoms with E-state index >= 15 is 0 Å². The van der Waals surface area contributed by atoms with Crippen molar-refractivity contribution < 1.29 is 24.9 Å². The van der Waals surface area contributed by atoms with E-state index in [1.165, 1.54) is 12.1 Å². The van der Waals surface area contributed by atoms with Gasteiger partial charge in [0.1, 0.15) is 18.0 Å². The first kappa shape index (κ1) is 14.4. The fraction of sp³-hybridized carbons (Fsp3) is 0.0667. The number of phenolic OH excluding ortho intramolecular Hbond substituents is 2. The topological polar surface area (TPSA) is 98.1 Å². The smallest absolute Gasteiger partial charge is 0.323 e. The van der Waals surface area contributed by atoms with Gasteiger partial charge >= 0.3 is 5.97 Å². The molecule has 0 spiro atoms. The Kier molecular flexibility index (Phi) is 4.08. The molecule has 0 aliphatic heterocycles. The van der Waals surface area contributed by atoms with Crippen LogP contribution in [0.4, 0.5) is 5.69 Å². The Morgan fingerprint density at radius 1 is 1.00 bits per heavy atom. The molecule has 2 aromatic carbocycles. The van der Waals surface area contributed by atoms with E-state index in [9.17, 15) is 19.8 Å². The van der Waals surface area contributed by atoms with Crippen LogP contribution in [0.3, 0.4) is 0 Å². The number of carboxylic acids is 1. The van der Waals surface area contributed by atoms with Gasteiger partial charge in [0.2, 0.25) is 0 Å². The van der Waals surface area contributed by atoms with Crippen LogP contribution in [0.25, 0.3) is 0 Å². The summed E-state index contributed by atoms with van der Waals surface area (Å²) in [6.07, 6.45) is 0. The molecular weight excluding hydrogens is 274 g/mol. The van der Waals surface area contributed by atoms with Crippen LogP contribution in [0.1, 0.15) is 10.4 Å². The number of para-hydroxylation sites is 1. The van der Waals surface area contributed by atoms with Gasteiger partial charge in [-0.1, -0.05) is 18.2 Å². The Balaban J connectivity index is 2.43. The molecule has 0 fully saturated rings. The molecule has 0 atom stereocenters. The van der Waals surface area contributed by atoms with E-state index in [-0.39, 0.29) is 17.1 Å². The number of hydrogen-bond acceptors (Lipinski definition) is 4. The predicted molar refractivity (Wildman–Crippen MR) is 75.5 cm³/mol. The van der Waals surface area contributed by atoms with Crippen LogP contribution in [0, 0.1) is 0 Å². The molecule has 0 saturated carbocycles. The highest BCUT2D eigenvalue weighted by Gasteiger charge is 2.23. The quantitative estimate of drug-likeness (QED) is 0.745. The first-order valence-corrected chi connectivity index (χ1v) is 6.09. The summed E-state index contributed by atoms with van der Waals surface area (Å²) in [5, 5.41) is 28.1. The maximum atomic E-state index is 12.4. The second kappa shape index (κ2) is 5.96. The molecule has 3 N–H and O–H groups in total. The van der Waals surface area contributed by atoms with Crippen molar-refractivity contribution in [3.8, 4) is 11.5 Å². The number of aliphatic carboxylic acids is 1. The van der Waals surface area contributed by atoms with Crippen molar-refractivity contribution in [3.63, 3.8) is 0 Å². The monoisotopic (exact) mass is 287 g/mol. The molecule has 0 heterocycles. The zero-order valence-corrected chi connectivity index (χ0v) is 10.9. The van der Waals surface area contributed by atoms with Crippen LogP contribution in [0.2, 0.25) is 0 Å². The predicted octanol–water partition coefficient (Wildman–Crippen LogP) is 1.83. The first-order chi connectivity index (χ1) is 9.99. The third-order valence-electron chi connectivity index (χ3n) is 2.82. The van der Waals surface area contributed by atoms with Crippen LogP contribution < -0.4 is 4.90 Å². The number of benzene rings is 2. The van der Waals surface area contributed by atoms with E-state index in [1.54, 1.807) is 30.3 Å². The molecule has 0 aliphatic carbocycles. The van der Waals surface area contributed by atoms with Gasteiger partial charge in [-0.05, 0) is 30.3 Å². The van der Waals surface area contributed by atoms with Crippen LogP contribution in [0.15, 0.2) is 48.5 Å². The number of aromatic hydroxyl groups is 2. The minimum atomic E-state index is -1.19. The average Bonchev–Trinajstić information content (AvgIpc) is 2.47. The molecule has 0 aromatic heterocycles. The summed E-state index contributed by atoms with van der Waals surface area (Å²) in [5.74, 6) is -2.42. The van der Waals surface area contributed by atoms with E-state index in [2.05, 4.69) is 0 Å². The number of rotatable bonds is 4. The van der Waals surface area contributed by atoms with Crippen molar-refractivity contribution in [2.45, 2.75) is 0 Å². The molecule has 6 heteroatoms. The molecule has 0 radical (unpaired) electrons. The van der Waals surface area contributed by atoms with Crippen LogP contribution in [0.5, 0.6) is 11.5 Å². The van der Waals surface area contributed by atoms with Gasteiger partial charge < -0.3 is 15.3 Å². The number of hydrogen-bond donors (Lipinski definition) is 3. The lowest BCUT2D eigenvalue weighted by molar-refractivity contribution is -0.135. The average molecular weight is 287 g/mol. The van der Waals surface area contributed by atoms with Crippen molar-refractivity contribution in [1.82, 2.24) is 0 Å². The lowest BCUT2D eigenvalue weighted by Gasteiger charge is -2.21. The highest BCUT2D eigenvalue weighted by molar-refractivity contribution is 6.09. The molecular formula is C15H13NO5. The van der Waals surface area contributed by atoms with Crippen molar-refractivity contribution in [2.75, 3.05) is 11.4 Å². The van der Waals surface area contributed by atoms with E-state index in [0.717, 1.165) is 11.0 Å². The Bertz CT molecular complexity index is 669. The molecule has 108 valence electrons. The lowest BCUT2D eigenvalue weighted by Crippen LogP contribution is -2.35. The highest BCUT2D eigenvalue weighted by Crippen LogP contribution is 2.25. The first-order valence-electron chi connectivity index (χ1n) is 6.09. The zero-order valence-electron chi connectivity index (χ0n) is 10.9. The molecule has 21 heavy (non-hydrogen) atoms. The van der Waals surface area contributed by atoms with Crippen molar-refractivity contribution in [1.29, 1.82) is 0 Å². The minimum Gasteiger partial charge on any atom is -0.508 e. The van der Waals surface area contributed by atoms with Gasteiger partial charge in [-0.25, -0.2) is 0 Å². The molecule has 2 rings (SSSR count). The third kappa shape index (κ3) is 3.30. The summed E-state index contributed by atoms with van der Waals surface area (Å²) < 4.78 is 0. The van der Waals surface area contributed by atoms with Gasteiger partial charge in [-0.3, -0.25) is 14.5 Å². The number of amides is 1. The Labute approximate surface area is 120 Å². The van der Waals surface area contributed by atoms with E-state index < -0.39 is 18.4 Å². The molecule has 1 amide bonds. The molecule has 0 bridgehead atoms. The summed E-state index contributed by atoms with van der Waals surface area (Å²) in [6.45, 7) is -0.558. The Morgan fingerprint density at radius 2 is 1.67 bits per heavy atom. The van der Waals surface area contributed by atoms with Gasteiger partial charge in [-0.2, -0.15) is 0 Å². The van der Waals surface area contributed by atoms with Gasteiger partial charge in [-0.15, -0.1) is 0 Å². The number of carboxylic acid groups (broad SMARTS) is 1. The van der Waals surface area contributed by atoms with E-state index in [0.29, 0.717) is 5.69 Å². The lowest BCUT2D eigenvalue weighted by atomic mass is 10.1. The van der Waals surface area contributed by atoms with Gasteiger partial charge in [0.15, 0.2) is 0 Å². The van der Waals surface area contributed by atoms with Crippen molar-refractivity contribution in [2.24, 2.45) is 0 Å². The standard InChI is InChI=1S/C15H13NO5/c17-11-6-7-13(18)12(8-11)15(21)16(9-14(19)20)10-4-2-1-3-5-10/h1-8,17-18H,9H2,(H,19,20). The minimum absolute atomic E-state index is 0.167. The van der Waals surface area contributed by atoms with E-state index in [4.69, 9.17) is 5.11 Å². The van der Waals surface area contributed by atoms with E-state index in [1.807, 2.05) is 0 Å². The largest absolute Gasteiger partial charge is 0.508 e. The van der Waals surface area contributed by atoms with Gasteiger partial charge in [0, 0.05) is 5.69 Å². The molecule has 6 nitrogen and oxygen atoms in total. The SMILES string of the molecule is O=C(O)CN(C(=O)c1cc(O)ccc1O)c1ccccc1. The van der Waals surface area contributed by atoms with Gasteiger partial charge in [0.25, 0.3) is 5.91 Å². The molecule has 0 saturated heterocycles. The Morgan fingerprint density at radius 3 is 2.29 bits per heavy atom. The van der Waals surface area contributed by atoms with Crippen molar-refractivity contribution in [3.05, 3.63) is 54.1 Å². The van der Waals surface area contributed by atoms with Crippen molar-refractivity contribution >= 4 is 17.6 Å². The molecule has 0 aliphatic rings. The van der Waals surface area contributed by atoms with Crippen LogP contribution in [-0.2, 0) is 4.79 Å². The molecule has 0 unspecified atom stereocenters. The fourth-order valence-corrected chi connectivity index (χ4v) is 1.86. The second-order valence-electron chi connectivity index (χ2n) is 4.32. The van der Waals surface area contributed by atoms with Crippen LogP contribution >= 0.6 is 0 Å². The number of phenols is 2.